The molecule has 0 spiro atoms. The number of nitrogens with zero attached hydrogens (tertiary/aromatic N) is 1. The van der Waals surface area contributed by atoms with Crippen molar-refractivity contribution in [3.05, 3.63) is 91.9 Å². The fraction of sp³-hybridized carbons (Fsp3) is 0.222. The molecule has 0 bridgehead atoms. The first-order valence-electron chi connectivity index (χ1n) is 11.7. The summed E-state index contributed by atoms with van der Waals surface area (Å²) >= 11 is 30.9. The normalized spacial score (nSPS) is 17.5. The first-order valence-corrected chi connectivity index (χ1v) is 13.6. The van der Waals surface area contributed by atoms with Crippen LogP contribution in [0.2, 0.25) is 15.1 Å². The Kier molecular flexibility index (Phi) is 9.08. The number of carbonyl (C=O) groups excluding carboxylic acids is 3. The van der Waals surface area contributed by atoms with Crippen molar-refractivity contribution >= 4 is 87.0 Å². The summed E-state index contributed by atoms with van der Waals surface area (Å²) in [6.07, 6.45) is -6.16. The summed E-state index contributed by atoms with van der Waals surface area (Å²) in [5.74, 6) is -8.43. The molecule has 3 aromatic rings. The second-order valence-corrected chi connectivity index (χ2v) is 12.0. The van der Waals surface area contributed by atoms with Crippen molar-refractivity contribution in [3.8, 4) is 0 Å². The largest absolute Gasteiger partial charge is 0.471 e. The fourth-order valence-corrected chi connectivity index (χ4v) is 5.75. The van der Waals surface area contributed by atoms with Gasteiger partial charge >= 0.3 is 12.1 Å². The number of carbonyl (C=O) groups is 3. The highest BCUT2D eigenvalue weighted by molar-refractivity contribution is 6.53. The molecule has 1 aliphatic carbocycles. The van der Waals surface area contributed by atoms with Crippen LogP contribution in [0.4, 0.5) is 33.3 Å². The van der Waals surface area contributed by atoms with E-state index in [1.54, 1.807) is 6.07 Å². The van der Waals surface area contributed by atoms with E-state index in [1.165, 1.54) is 30.3 Å². The van der Waals surface area contributed by atoms with Gasteiger partial charge < -0.3 is 10.2 Å². The van der Waals surface area contributed by atoms with Crippen LogP contribution in [0.25, 0.3) is 0 Å². The quantitative estimate of drug-likeness (QED) is 0.154. The zero-order chi connectivity index (χ0) is 31.3. The van der Waals surface area contributed by atoms with Crippen LogP contribution < -0.4 is 10.2 Å². The molecule has 1 saturated carbocycles. The van der Waals surface area contributed by atoms with Crippen LogP contribution in [0, 0.1) is 17.6 Å². The molecule has 5 nitrogen and oxygen atoms in total. The van der Waals surface area contributed by atoms with Gasteiger partial charge in [0.1, 0.15) is 15.8 Å². The Morgan fingerprint density at radius 2 is 1.57 bits per heavy atom. The van der Waals surface area contributed by atoms with E-state index in [-0.39, 0.29) is 26.2 Å². The Balaban J connectivity index is 1.54. The van der Waals surface area contributed by atoms with E-state index in [0.717, 1.165) is 6.07 Å². The third kappa shape index (κ3) is 6.33. The van der Waals surface area contributed by atoms with E-state index in [4.69, 9.17) is 58.0 Å². The summed E-state index contributed by atoms with van der Waals surface area (Å²) in [5, 5.41) is 3.04. The van der Waals surface area contributed by atoms with Crippen LogP contribution in [-0.2, 0) is 16.0 Å². The molecule has 42 heavy (non-hydrogen) atoms. The minimum Gasteiger partial charge on any atom is -0.326 e. The van der Waals surface area contributed by atoms with Gasteiger partial charge in [-0.05, 0) is 47.5 Å². The van der Waals surface area contributed by atoms with Gasteiger partial charge in [0, 0.05) is 30.6 Å². The summed E-state index contributed by atoms with van der Waals surface area (Å²) in [6, 6.07) is 10.0. The lowest BCUT2D eigenvalue weighted by Gasteiger charge is -2.21. The van der Waals surface area contributed by atoms with Crippen molar-refractivity contribution in [2.75, 3.05) is 17.3 Å². The predicted octanol–water partition coefficient (Wildman–Crippen LogP) is 8.40. The number of ketones is 1. The minimum absolute atomic E-state index is 0.0887. The number of amides is 2. The molecule has 1 aliphatic rings. The molecule has 3 aromatic carbocycles. The fourth-order valence-electron chi connectivity index (χ4n) is 4.40. The van der Waals surface area contributed by atoms with E-state index in [1.807, 2.05) is 0 Å². The van der Waals surface area contributed by atoms with Gasteiger partial charge in [-0.15, -0.1) is 23.2 Å². The van der Waals surface area contributed by atoms with Crippen molar-refractivity contribution in [2.45, 2.75) is 22.8 Å². The summed E-state index contributed by atoms with van der Waals surface area (Å²) in [7, 11) is 0.550. The molecule has 0 heterocycles. The zero-order valence-electron chi connectivity index (χ0n) is 20.9. The van der Waals surface area contributed by atoms with Gasteiger partial charge in [0.2, 0.25) is 5.91 Å². The maximum atomic E-state index is 15.1. The second kappa shape index (κ2) is 11.8. The third-order valence-electron chi connectivity index (χ3n) is 6.55. The van der Waals surface area contributed by atoms with Gasteiger partial charge in [-0.25, -0.2) is 8.78 Å². The van der Waals surface area contributed by atoms with Crippen LogP contribution in [0.3, 0.4) is 0 Å². The zero-order valence-corrected chi connectivity index (χ0v) is 24.7. The van der Waals surface area contributed by atoms with Gasteiger partial charge in [-0.3, -0.25) is 14.4 Å². The number of halogens is 10. The highest BCUT2D eigenvalue weighted by Crippen LogP contribution is 2.65. The molecule has 222 valence electrons. The number of hydrogen-bond donors (Lipinski definition) is 1. The second-order valence-electron chi connectivity index (χ2n) is 9.32. The number of rotatable bonds is 7. The molecule has 0 aliphatic heterocycles. The number of anilines is 2. The molecule has 0 aromatic heterocycles. The van der Waals surface area contributed by atoms with Crippen molar-refractivity contribution in [1.82, 2.24) is 0 Å². The SMILES string of the molecule is CN(C(=O)C(F)(F)F)c1c(F)ccc(CC(=O)c2cc(NC(=O)[C@H]3[C@H](c4ccc(Cl)c(Cl)c4)C3(Cl)Cl)ccc2Cl)c1F. The number of benzene rings is 3. The van der Waals surface area contributed by atoms with Crippen LogP contribution in [0.15, 0.2) is 48.5 Å². The maximum absolute atomic E-state index is 15.1. The highest BCUT2D eigenvalue weighted by atomic mass is 35.5. The number of Topliss-reactive ketones (excluding diaryl/α,β-unsaturated/α-hetero) is 1. The maximum Gasteiger partial charge on any atom is 0.471 e. The lowest BCUT2D eigenvalue weighted by molar-refractivity contribution is -0.170. The van der Waals surface area contributed by atoms with Gasteiger partial charge in [-0.2, -0.15) is 13.2 Å². The smallest absolute Gasteiger partial charge is 0.326 e. The van der Waals surface area contributed by atoms with Crippen molar-refractivity contribution in [1.29, 1.82) is 0 Å². The number of alkyl halides is 5. The summed E-state index contributed by atoms with van der Waals surface area (Å²) in [4.78, 5) is 37.4. The molecule has 15 heteroatoms. The molecule has 0 saturated heterocycles. The topological polar surface area (TPSA) is 66.5 Å². The van der Waals surface area contributed by atoms with Gasteiger partial charge in [0.25, 0.3) is 0 Å². The number of hydrogen-bond acceptors (Lipinski definition) is 3. The Morgan fingerprint density at radius 3 is 2.19 bits per heavy atom. The first-order chi connectivity index (χ1) is 19.4. The Bertz CT molecular complexity index is 1620. The molecule has 0 radical (unpaired) electrons. The van der Waals surface area contributed by atoms with Gasteiger partial charge in [0.15, 0.2) is 11.6 Å². The summed E-state index contributed by atoms with van der Waals surface area (Å²) in [5.41, 5.74) is -1.28. The Labute approximate surface area is 260 Å². The molecule has 2 amide bonds. The van der Waals surface area contributed by atoms with Gasteiger partial charge in [0.05, 0.1) is 21.0 Å². The minimum atomic E-state index is -5.40. The summed E-state index contributed by atoms with van der Waals surface area (Å²) < 4.78 is 66.3. The van der Waals surface area contributed by atoms with Crippen molar-refractivity contribution in [3.63, 3.8) is 0 Å². The monoisotopic (exact) mass is 686 g/mol. The molecule has 1 N–H and O–H groups in total. The molecular weight excluding hydrogens is 673 g/mol. The van der Waals surface area contributed by atoms with Crippen LogP contribution in [0.5, 0.6) is 0 Å². The number of nitrogens with one attached hydrogen (secondary N) is 1. The lowest BCUT2D eigenvalue weighted by Crippen LogP contribution is -2.39. The summed E-state index contributed by atoms with van der Waals surface area (Å²) in [6.45, 7) is 0. The molecule has 4 rings (SSSR count). The van der Waals surface area contributed by atoms with Crippen molar-refractivity contribution in [2.24, 2.45) is 5.92 Å². The standard InChI is InChI=1S/C27H16Cl5F5N2O3/c1-39(25(42)27(35,36)37)23-18(33)7-3-12(22(23)34)9-19(40)14-10-13(4-6-15(14)28)38-24(41)21-20(26(21,31)32)11-2-5-16(29)17(30)8-11/h2-8,10,20-21H,9H2,1H3,(H,38,41)/t20-,21+/m0/s1. The van der Waals surface area contributed by atoms with Gasteiger partial charge in [-0.1, -0.05) is 46.9 Å². The predicted molar refractivity (Wildman–Crippen MR) is 151 cm³/mol. The van der Waals surface area contributed by atoms with E-state index in [0.29, 0.717) is 23.7 Å². The Hall–Kier alpha value is -2.63. The third-order valence-corrected chi connectivity index (χ3v) is 8.56. The van der Waals surface area contributed by atoms with E-state index in [9.17, 15) is 31.9 Å². The lowest BCUT2D eigenvalue weighted by atomic mass is 10.0. The van der Waals surface area contributed by atoms with E-state index in [2.05, 4.69) is 5.32 Å². The average Bonchev–Trinajstić information content (AvgIpc) is 3.49. The molecule has 1 fully saturated rings. The average molecular weight is 689 g/mol. The van der Waals surface area contributed by atoms with Crippen LogP contribution in [-0.4, -0.2) is 35.2 Å². The van der Waals surface area contributed by atoms with E-state index >= 15 is 4.39 Å². The van der Waals surface area contributed by atoms with Crippen LogP contribution >= 0.6 is 58.0 Å². The van der Waals surface area contributed by atoms with Crippen LogP contribution in [0.1, 0.15) is 27.4 Å². The Morgan fingerprint density at radius 1 is 0.929 bits per heavy atom. The highest BCUT2D eigenvalue weighted by Gasteiger charge is 2.67. The van der Waals surface area contributed by atoms with E-state index < -0.39 is 69.2 Å². The first kappa shape index (κ1) is 32.3. The van der Waals surface area contributed by atoms with Crippen molar-refractivity contribution < 1.29 is 36.3 Å². The molecule has 0 unspecified atom stereocenters. The molecular formula is C27H16Cl5F5N2O3. The molecule has 2 atom stereocenters.